The van der Waals surface area contributed by atoms with Gasteiger partial charge in [-0.3, -0.25) is 0 Å². The fourth-order valence-electron chi connectivity index (χ4n) is 1.14. The highest BCUT2D eigenvalue weighted by Gasteiger charge is 2.21. The molecule has 1 fully saturated rings. The molecule has 0 aliphatic carbocycles. The van der Waals surface area contributed by atoms with Crippen LogP contribution in [0.2, 0.25) is 0 Å². The van der Waals surface area contributed by atoms with E-state index in [4.69, 9.17) is 0 Å². The van der Waals surface area contributed by atoms with Crippen LogP contribution < -0.4 is 0 Å². The summed E-state index contributed by atoms with van der Waals surface area (Å²) in [5.74, 6) is 0. The van der Waals surface area contributed by atoms with Crippen molar-refractivity contribution in [3.8, 4) is 0 Å². The first kappa shape index (κ1) is 7.18. The first-order chi connectivity index (χ1) is 4.84. The summed E-state index contributed by atoms with van der Waals surface area (Å²) >= 11 is 0. The van der Waals surface area contributed by atoms with Crippen LogP contribution in [0.25, 0.3) is 0 Å². The zero-order valence-corrected chi connectivity index (χ0v) is 5.82. The summed E-state index contributed by atoms with van der Waals surface area (Å²) in [6, 6.07) is 0. The van der Waals surface area contributed by atoms with Crippen LogP contribution in [-0.2, 0) is 4.79 Å². The molecule has 0 unspecified atom stereocenters. The van der Waals surface area contributed by atoms with Crippen LogP contribution in [0, 0.1) is 4.91 Å². The summed E-state index contributed by atoms with van der Waals surface area (Å²) in [5.41, 5.74) is 0. The number of hydrazine groups is 1. The molecule has 1 rings (SSSR count). The van der Waals surface area contributed by atoms with E-state index >= 15 is 0 Å². The minimum absolute atomic E-state index is 0.311. The Bertz CT molecular complexity index is 141. The maximum atomic E-state index is 10.6. The highest BCUT2D eigenvalue weighted by atomic mass is 16.3. The number of hydrogen-bond donors (Lipinski definition) is 0. The summed E-state index contributed by atoms with van der Waals surface area (Å²) in [5, 5.41) is 1.52. The molecule has 4 nitrogen and oxygen atoms in total. The van der Waals surface area contributed by atoms with Gasteiger partial charge in [0.15, 0.2) is 4.87 Å². The molecule has 1 amide bonds. The van der Waals surface area contributed by atoms with Crippen molar-refractivity contribution in [1.82, 2.24) is 5.01 Å². The maximum Gasteiger partial charge on any atom is 0.455 e. The number of rotatable bonds is 2. The fraction of sp³-hybridized carbons (Fsp3) is 0.833. The molecular formula is C6H11N2O2+. The third-order valence-electron chi connectivity index (χ3n) is 1.70. The highest BCUT2D eigenvalue weighted by Crippen LogP contribution is 2.07. The van der Waals surface area contributed by atoms with Crippen molar-refractivity contribution in [3.05, 3.63) is 4.91 Å². The predicted octanol–water partition coefficient (Wildman–Crippen LogP) is 0.323. The molecule has 0 aromatic rings. The molecule has 10 heavy (non-hydrogen) atoms. The van der Waals surface area contributed by atoms with Gasteiger partial charge in [-0.2, -0.15) is 0 Å². The Kier molecular flexibility index (Phi) is 2.36. The number of piperidine rings is 1. The van der Waals surface area contributed by atoms with Crippen molar-refractivity contribution in [2.24, 2.45) is 0 Å². The van der Waals surface area contributed by atoms with Crippen LogP contribution in [0.15, 0.2) is 0 Å². The summed E-state index contributed by atoms with van der Waals surface area (Å²) in [7, 11) is 0. The molecule has 4 heteroatoms. The molecular weight excluding hydrogens is 132 g/mol. The number of amides is 1. The number of hydrogen-bond acceptors (Lipinski definition) is 2. The molecule has 0 atom stereocenters. The Labute approximate surface area is 59.4 Å². The second-order valence-corrected chi connectivity index (χ2v) is 2.42. The molecule has 1 saturated heterocycles. The number of carbonyl (C=O) groups excluding carboxylic acids is 1. The van der Waals surface area contributed by atoms with Gasteiger partial charge in [-0.05, 0) is 19.3 Å². The third-order valence-corrected chi connectivity index (χ3v) is 1.70. The van der Waals surface area contributed by atoms with Gasteiger partial charge >= 0.3 is 6.41 Å². The van der Waals surface area contributed by atoms with E-state index in [9.17, 15) is 9.70 Å². The van der Waals surface area contributed by atoms with Crippen LogP contribution in [0.1, 0.15) is 19.3 Å². The molecule has 0 bridgehead atoms. The van der Waals surface area contributed by atoms with Gasteiger partial charge < -0.3 is 0 Å². The van der Waals surface area contributed by atoms with E-state index in [2.05, 4.69) is 0 Å². The van der Waals surface area contributed by atoms with Gasteiger partial charge in [-0.25, -0.2) is 4.79 Å². The summed E-state index contributed by atoms with van der Waals surface area (Å²) < 4.78 is 0. The highest BCUT2D eigenvalue weighted by molar-refractivity contribution is 5.33. The lowest BCUT2D eigenvalue weighted by molar-refractivity contribution is -0.627. The molecule has 1 heterocycles. The Morgan fingerprint density at radius 2 is 1.80 bits per heavy atom. The lowest BCUT2D eigenvalue weighted by Gasteiger charge is -2.16. The second kappa shape index (κ2) is 3.29. The molecule has 0 N–H and O–H groups in total. The van der Waals surface area contributed by atoms with Gasteiger partial charge in [0.2, 0.25) is 0 Å². The quantitative estimate of drug-likeness (QED) is 0.413. The second-order valence-electron chi connectivity index (χ2n) is 2.42. The Morgan fingerprint density at radius 3 is 2.30 bits per heavy atom. The van der Waals surface area contributed by atoms with Crippen molar-refractivity contribution < 1.29 is 9.66 Å². The van der Waals surface area contributed by atoms with E-state index in [1.165, 1.54) is 11.4 Å². The Hall–Kier alpha value is -0.930. The van der Waals surface area contributed by atoms with Crippen LogP contribution >= 0.6 is 0 Å². The molecule has 0 aromatic heterocycles. The minimum Gasteiger partial charge on any atom is -0.214 e. The molecule has 1 aliphatic heterocycles. The smallest absolute Gasteiger partial charge is 0.214 e. The van der Waals surface area contributed by atoms with E-state index in [1.807, 2.05) is 0 Å². The average molecular weight is 143 g/mol. The molecule has 1 aliphatic rings. The zero-order chi connectivity index (χ0) is 7.40. The minimum atomic E-state index is 0.311. The number of nitroso groups, excluding NO2 is 1. The summed E-state index contributed by atoms with van der Waals surface area (Å²) in [6.07, 6.45) is 3.52. The topological polar surface area (TPSA) is 40.4 Å². The van der Waals surface area contributed by atoms with Gasteiger partial charge in [-0.1, -0.05) is 0 Å². The summed E-state index contributed by atoms with van der Waals surface area (Å²) in [4.78, 5) is 21.0. The molecule has 0 radical (unpaired) electrons. The van der Waals surface area contributed by atoms with Crippen molar-refractivity contribution in [2.75, 3.05) is 13.1 Å². The van der Waals surface area contributed by atoms with E-state index in [0.717, 1.165) is 25.9 Å². The van der Waals surface area contributed by atoms with Crippen LogP contribution in [0.3, 0.4) is 0 Å². The molecule has 0 spiro atoms. The van der Waals surface area contributed by atoms with Gasteiger partial charge in [0.25, 0.3) is 0 Å². The number of carbonyl (C=O) groups is 1. The SMILES string of the molecule is O=C[N+](=O)N1CCCCC1. The van der Waals surface area contributed by atoms with Gasteiger partial charge in [0.05, 0.1) is 18.0 Å². The zero-order valence-electron chi connectivity index (χ0n) is 5.82. The monoisotopic (exact) mass is 143 g/mol. The first-order valence-corrected chi connectivity index (χ1v) is 3.51. The molecule has 56 valence electrons. The predicted molar refractivity (Wildman–Crippen MR) is 35.1 cm³/mol. The van der Waals surface area contributed by atoms with E-state index < -0.39 is 0 Å². The van der Waals surface area contributed by atoms with Gasteiger partial charge in [-0.15, -0.1) is 5.01 Å². The standard InChI is InChI=1S/C6H11N2O2/c9-6-8(10)7-4-2-1-3-5-7/h6H,1-5H2/q+1. The van der Waals surface area contributed by atoms with Crippen LogP contribution in [0.5, 0.6) is 0 Å². The largest absolute Gasteiger partial charge is 0.455 e. The van der Waals surface area contributed by atoms with Crippen molar-refractivity contribution in [3.63, 3.8) is 0 Å². The number of nitrogens with zero attached hydrogens (tertiary/aromatic N) is 2. The molecule has 0 saturated carbocycles. The maximum absolute atomic E-state index is 10.6. The normalized spacial score (nSPS) is 18.6. The summed E-state index contributed by atoms with van der Waals surface area (Å²) in [6.45, 7) is 1.45. The van der Waals surface area contributed by atoms with Gasteiger partial charge in [0, 0.05) is 0 Å². The van der Waals surface area contributed by atoms with Crippen molar-refractivity contribution in [1.29, 1.82) is 0 Å². The van der Waals surface area contributed by atoms with Crippen LogP contribution in [-0.4, -0.2) is 29.4 Å². The average Bonchev–Trinajstić information content (AvgIpc) is 2.05. The molecule has 0 aromatic carbocycles. The Balaban J connectivity index is 2.38. The lowest BCUT2D eigenvalue weighted by atomic mass is 10.2. The fourth-order valence-corrected chi connectivity index (χ4v) is 1.14. The van der Waals surface area contributed by atoms with E-state index in [1.54, 1.807) is 0 Å². The van der Waals surface area contributed by atoms with Crippen molar-refractivity contribution >= 4 is 6.41 Å². The first-order valence-electron chi connectivity index (χ1n) is 3.51. The van der Waals surface area contributed by atoms with Crippen LogP contribution in [0.4, 0.5) is 0 Å². The Morgan fingerprint density at radius 1 is 1.20 bits per heavy atom. The third kappa shape index (κ3) is 1.52. The van der Waals surface area contributed by atoms with E-state index in [-0.39, 0.29) is 0 Å². The van der Waals surface area contributed by atoms with Gasteiger partial charge in [0.1, 0.15) is 0 Å². The van der Waals surface area contributed by atoms with Crippen molar-refractivity contribution in [2.45, 2.75) is 19.3 Å². The lowest BCUT2D eigenvalue weighted by Crippen LogP contribution is -2.36. The van der Waals surface area contributed by atoms with E-state index in [0.29, 0.717) is 11.3 Å².